The number of aryl methyl sites for hydroxylation is 1. The highest BCUT2D eigenvalue weighted by Gasteiger charge is 2.32. The van der Waals surface area contributed by atoms with Gasteiger partial charge in [0.1, 0.15) is 12.3 Å². The molecular weight excluding hydrogens is 243 g/mol. The predicted octanol–water partition coefficient (Wildman–Crippen LogP) is 0.0645. The molecule has 0 aromatic carbocycles. The molecule has 2 rings (SSSR count). The van der Waals surface area contributed by atoms with Gasteiger partial charge in [0.2, 0.25) is 6.36 Å². The number of aromatic nitrogens is 2. The summed E-state index contributed by atoms with van der Waals surface area (Å²) in [5.41, 5.74) is -0.544. The van der Waals surface area contributed by atoms with E-state index in [0.717, 1.165) is 0 Å². The molecule has 0 radical (unpaired) electrons. The second-order valence-corrected chi connectivity index (χ2v) is 4.25. The van der Waals surface area contributed by atoms with Gasteiger partial charge in [-0.2, -0.15) is 0 Å². The van der Waals surface area contributed by atoms with Crippen molar-refractivity contribution in [3.05, 3.63) is 32.6 Å². The van der Waals surface area contributed by atoms with Crippen molar-refractivity contribution in [2.24, 2.45) is 0 Å². The lowest BCUT2D eigenvalue weighted by Gasteiger charge is -2.16. The molecule has 0 bridgehead atoms. The van der Waals surface area contributed by atoms with Gasteiger partial charge in [-0.3, -0.25) is 14.3 Å². The molecule has 7 heteroatoms. The number of ether oxygens (including phenoxy) is 1. The fraction of sp³-hybridized carbons (Fsp3) is 0.636. The van der Waals surface area contributed by atoms with Crippen LogP contribution in [0.2, 0.25) is 0 Å². The van der Waals surface area contributed by atoms with Crippen LogP contribution in [0.15, 0.2) is 15.8 Å². The van der Waals surface area contributed by atoms with E-state index in [0.29, 0.717) is 24.8 Å². The van der Waals surface area contributed by atoms with Gasteiger partial charge in [0, 0.05) is 11.8 Å². The number of aliphatic hydroxyl groups is 1. The molecule has 1 aliphatic heterocycles. The first-order valence-electron chi connectivity index (χ1n) is 5.85. The number of alkyl halides is 1. The van der Waals surface area contributed by atoms with E-state index < -0.39 is 29.9 Å². The van der Waals surface area contributed by atoms with Gasteiger partial charge in [-0.1, -0.05) is 6.92 Å². The number of halogens is 1. The minimum atomic E-state index is -2.06. The molecule has 0 spiro atoms. The van der Waals surface area contributed by atoms with Gasteiger partial charge in [-0.05, 0) is 19.3 Å². The molecule has 1 aliphatic rings. The molecule has 1 aromatic heterocycles. The number of nitrogens with one attached hydrogen (secondary N) is 1. The number of rotatable bonds is 3. The Morgan fingerprint density at radius 1 is 1.61 bits per heavy atom. The third-order valence-electron chi connectivity index (χ3n) is 3.07. The van der Waals surface area contributed by atoms with Crippen molar-refractivity contribution >= 4 is 0 Å². The van der Waals surface area contributed by atoms with Crippen LogP contribution in [-0.4, -0.2) is 27.1 Å². The maximum atomic E-state index is 12.7. The molecule has 1 unspecified atom stereocenters. The van der Waals surface area contributed by atoms with Gasteiger partial charge >= 0.3 is 5.69 Å². The number of H-pyrrole nitrogens is 1. The third kappa shape index (κ3) is 2.37. The second kappa shape index (κ2) is 5.03. The molecule has 1 saturated heterocycles. The summed E-state index contributed by atoms with van der Waals surface area (Å²) >= 11 is 0. The molecule has 1 fully saturated rings. The minimum absolute atomic E-state index is 0.329. The molecule has 6 nitrogen and oxygen atoms in total. The lowest BCUT2D eigenvalue weighted by molar-refractivity contribution is -0.110. The SMILES string of the molecule is CCc1cn([C@H]2CC[C@@H](C(O)F)O2)c(=O)[nH]c1=O. The third-order valence-corrected chi connectivity index (χ3v) is 3.07. The lowest BCUT2D eigenvalue weighted by Crippen LogP contribution is -2.34. The van der Waals surface area contributed by atoms with Crippen molar-refractivity contribution in [1.29, 1.82) is 0 Å². The lowest BCUT2D eigenvalue weighted by atomic mass is 10.2. The molecular formula is C11H15FN2O4. The Balaban J connectivity index is 2.30. The Morgan fingerprint density at radius 3 is 2.89 bits per heavy atom. The highest BCUT2D eigenvalue weighted by molar-refractivity contribution is 5.04. The average Bonchev–Trinajstić information content (AvgIpc) is 2.78. The van der Waals surface area contributed by atoms with E-state index in [1.807, 2.05) is 0 Å². The fourth-order valence-corrected chi connectivity index (χ4v) is 2.04. The van der Waals surface area contributed by atoms with E-state index in [9.17, 15) is 14.0 Å². The first kappa shape index (κ1) is 13.0. The molecule has 100 valence electrons. The second-order valence-electron chi connectivity index (χ2n) is 4.25. The Morgan fingerprint density at radius 2 is 2.33 bits per heavy atom. The molecule has 0 amide bonds. The predicted molar refractivity (Wildman–Crippen MR) is 61.0 cm³/mol. The fourth-order valence-electron chi connectivity index (χ4n) is 2.04. The highest BCUT2D eigenvalue weighted by Crippen LogP contribution is 2.29. The molecule has 1 aromatic rings. The van der Waals surface area contributed by atoms with Crippen LogP contribution in [0.1, 0.15) is 31.6 Å². The maximum Gasteiger partial charge on any atom is 0.330 e. The zero-order chi connectivity index (χ0) is 13.3. The first-order valence-corrected chi connectivity index (χ1v) is 5.85. The molecule has 2 heterocycles. The normalized spacial score (nSPS) is 25.3. The summed E-state index contributed by atoms with van der Waals surface area (Å²) < 4.78 is 19.2. The van der Waals surface area contributed by atoms with E-state index in [1.165, 1.54) is 10.8 Å². The van der Waals surface area contributed by atoms with Crippen LogP contribution in [0, 0.1) is 0 Å². The molecule has 0 saturated carbocycles. The Kier molecular flexibility index (Phi) is 3.63. The first-order chi connectivity index (χ1) is 8.52. The monoisotopic (exact) mass is 258 g/mol. The van der Waals surface area contributed by atoms with Crippen LogP contribution < -0.4 is 11.2 Å². The number of hydrogen-bond donors (Lipinski definition) is 2. The average molecular weight is 258 g/mol. The summed E-state index contributed by atoms with van der Waals surface area (Å²) in [6.07, 6.45) is -0.958. The summed E-state index contributed by atoms with van der Waals surface area (Å²) in [5, 5.41) is 8.79. The van der Waals surface area contributed by atoms with Crippen molar-refractivity contribution < 1.29 is 14.2 Å². The topological polar surface area (TPSA) is 84.3 Å². The van der Waals surface area contributed by atoms with E-state index in [4.69, 9.17) is 9.84 Å². The van der Waals surface area contributed by atoms with E-state index in [2.05, 4.69) is 4.98 Å². The van der Waals surface area contributed by atoms with Gasteiger partial charge in [-0.25, -0.2) is 9.18 Å². The van der Waals surface area contributed by atoms with Crippen molar-refractivity contribution in [3.63, 3.8) is 0 Å². The van der Waals surface area contributed by atoms with Crippen LogP contribution in [0.25, 0.3) is 0 Å². The Labute approximate surface area is 102 Å². The van der Waals surface area contributed by atoms with E-state index in [1.54, 1.807) is 6.92 Å². The zero-order valence-electron chi connectivity index (χ0n) is 9.93. The Hall–Kier alpha value is -1.47. The van der Waals surface area contributed by atoms with Gasteiger partial charge in [-0.15, -0.1) is 0 Å². The maximum absolute atomic E-state index is 12.7. The van der Waals surface area contributed by atoms with Crippen molar-refractivity contribution in [2.45, 2.75) is 44.9 Å². The van der Waals surface area contributed by atoms with Crippen molar-refractivity contribution in [2.75, 3.05) is 0 Å². The van der Waals surface area contributed by atoms with Crippen LogP contribution in [0.4, 0.5) is 4.39 Å². The Bertz CT molecular complexity index is 537. The number of aromatic amines is 1. The summed E-state index contributed by atoms with van der Waals surface area (Å²) in [5.74, 6) is 0. The number of hydrogen-bond acceptors (Lipinski definition) is 4. The summed E-state index contributed by atoms with van der Waals surface area (Å²) in [7, 11) is 0. The molecule has 2 N–H and O–H groups in total. The van der Waals surface area contributed by atoms with Gasteiger partial charge in [0.15, 0.2) is 0 Å². The van der Waals surface area contributed by atoms with Crippen LogP contribution in [-0.2, 0) is 11.2 Å². The van der Waals surface area contributed by atoms with Gasteiger partial charge in [0.25, 0.3) is 5.56 Å². The quantitative estimate of drug-likeness (QED) is 0.803. The largest absolute Gasteiger partial charge is 0.362 e. The number of aliphatic hydroxyl groups excluding tert-OH is 1. The zero-order valence-corrected chi connectivity index (χ0v) is 9.93. The van der Waals surface area contributed by atoms with Crippen LogP contribution >= 0.6 is 0 Å². The smallest absolute Gasteiger partial charge is 0.330 e. The van der Waals surface area contributed by atoms with Crippen molar-refractivity contribution in [3.8, 4) is 0 Å². The minimum Gasteiger partial charge on any atom is -0.362 e. The van der Waals surface area contributed by atoms with Crippen molar-refractivity contribution in [1.82, 2.24) is 9.55 Å². The molecule has 0 aliphatic carbocycles. The van der Waals surface area contributed by atoms with E-state index in [-0.39, 0.29) is 0 Å². The summed E-state index contributed by atoms with van der Waals surface area (Å²) in [6, 6.07) is 0. The summed E-state index contributed by atoms with van der Waals surface area (Å²) in [6.45, 7) is 1.79. The number of nitrogens with zero attached hydrogens (tertiary/aromatic N) is 1. The summed E-state index contributed by atoms with van der Waals surface area (Å²) in [4.78, 5) is 25.2. The highest BCUT2D eigenvalue weighted by atomic mass is 19.1. The molecule has 18 heavy (non-hydrogen) atoms. The van der Waals surface area contributed by atoms with E-state index >= 15 is 0 Å². The van der Waals surface area contributed by atoms with Gasteiger partial charge < -0.3 is 9.84 Å². The standard InChI is InChI=1S/C11H15FN2O4/c1-2-6-5-14(11(17)13-10(6)16)8-4-3-7(18-8)9(12)15/h5,7-9,15H,2-4H2,1H3,(H,13,16,17)/t7-,8+,9?/m0/s1. The molecule has 3 atom stereocenters. The van der Waals surface area contributed by atoms with Gasteiger partial charge in [0.05, 0.1) is 0 Å². The van der Waals surface area contributed by atoms with Crippen LogP contribution in [0.3, 0.4) is 0 Å². The van der Waals surface area contributed by atoms with Crippen LogP contribution in [0.5, 0.6) is 0 Å².